The van der Waals surface area contributed by atoms with Crippen molar-refractivity contribution in [2.45, 2.75) is 6.04 Å². The molecule has 2 unspecified atom stereocenters. The molecule has 2 fully saturated rings. The summed E-state index contributed by atoms with van der Waals surface area (Å²) in [5, 5.41) is 6.17. The van der Waals surface area contributed by atoms with Gasteiger partial charge in [-0.15, -0.1) is 0 Å². The molecule has 0 spiro atoms. The van der Waals surface area contributed by atoms with Gasteiger partial charge >= 0.3 is 5.69 Å². The quantitative estimate of drug-likeness (QED) is 0.484. The lowest BCUT2D eigenvalue weighted by molar-refractivity contribution is 0.0942. The first kappa shape index (κ1) is 8.72. The number of rotatable bonds is 2. The van der Waals surface area contributed by atoms with Gasteiger partial charge in [-0.1, -0.05) is 0 Å². The van der Waals surface area contributed by atoms with Gasteiger partial charge in [0.25, 0.3) is 5.91 Å². The minimum Gasteiger partial charge on any atom is -0.347 e. The van der Waals surface area contributed by atoms with Crippen LogP contribution in [0, 0.1) is 11.8 Å². The summed E-state index contributed by atoms with van der Waals surface area (Å²) in [6.45, 7) is 1.97. The Hall–Kier alpha value is -1.56. The summed E-state index contributed by atoms with van der Waals surface area (Å²) in [5.74, 6) is 0.965. The molecule has 0 aromatic carbocycles. The maximum absolute atomic E-state index is 11.6. The number of H-pyrrole nitrogens is 2. The van der Waals surface area contributed by atoms with Crippen molar-refractivity contribution in [1.29, 1.82) is 0 Å². The second-order valence-corrected chi connectivity index (χ2v) is 4.14. The number of hydrogen-bond acceptors (Lipinski definition) is 3. The van der Waals surface area contributed by atoms with Gasteiger partial charge in [0.05, 0.1) is 0 Å². The third-order valence-corrected chi connectivity index (χ3v) is 3.23. The fraction of sp³-hybridized carbons (Fsp3) is 0.556. The molecule has 80 valence electrons. The molecule has 6 heteroatoms. The number of nitrogens with one attached hydrogen (secondary N) is 4. The predicted octanol–water partition coefficient (Wildman–Crippen LogP) is -1.35. The molecule has 3 rings (SSSR count). The van der Waals surface area contributed by atoms with Gasteiger partial charge in [0.1, 0.15) is 5.69 Å². The number of carbonyl (C=O) groups excluding carboxylic acids is 1. The monoisotopic (exact) mass is 208 g/mol. The number of aromatic amines is 2. The summed E-state index contributed by atoms with van der Waals surface area (Å²) in [5.41, 5.74) is -0.0456. The number of imidazole rings is 1. The Morgan fingerprint density at radius 3 is 2.73 bits per heavy atom. The maximum Gasteiger partial charge on any atom is 0.323 e. The van der Waals surface area contributed by atoms with E-state index >= 15 is 0 Å². The van der Waals surface area contributed by atoms with Crippen molar-refractivity contribution in [2.75, 3.05) is 13.1 Å². The lowest BCUT2D eigenvalue weighted by Crippen LogP contribution is -2.32. The van der Waals surface area contributed by atoms with E-state index in [9.17, 15) is 9.59 Å². The third-order valence-electron chi connectivity index (χ3n) is 3.23. The number of hydrogen-bond donors (Lipinski definition) is 4. The maximum atomic E-state index is 11.6. The van der Waals surface area contributed by atoms with Crippen LogP contribution in [0.25, 0.3) is 0 Å². The molecule has 15 heavy (non-hydrogen) atoms. The van der Waals surface area contributed by atoms with E-state index in [1.54, 1.807) is 0 Å². The molecule has 1 amide bonds. The summed E-state index contributed by atoms with van der Waals surface area (Å²) in [4.78, 5) is 27.3. The molecular formula is C9H12N4O2. The van der Waals surface area contributed by atoms with Gasteiger partial charge in [0.15, 0.2) is 0 Å². The van der Waals surface area contributed by atoms with Crippen molar-refractivity contribution in [2.24, 2.45) is 11.8 Å². The molecule has 0 bridgehead atoms. The Kier molecular flexibility index (Phi) is 1.72. The van der Waals surface area contributed by atoms with E-state index in [-0.39, 0.29) is 17.6 Å². The fourth-order valence-corrected chi connectivity index (χ4v) is 2.32. The van der Waals surface area contributed by atoms with E-state index in [4.69, 9.17) is 0 Å². The molecule has 1 aromatic heterocycles. The van der Waals surface area contributed by atoms with Gasteiger partial charge in [0.2, 0.25) is 0 Å². The standard InChI is InChI=1S/C9H12N4O2/c14-8(6-3-11-9(15)12-6)13-7-4-1-10-2-5(4)7/h3-5,7,10H,1-2H2,(H,13,14)(H2,11,12,15). The van der Waals surface area contributed by atoms with Crippen molar-refractivity contribution in [3.05, 3.63) is 22.4 Å². The van der Waals surface area contributed by atoms with Gasteiger partial charge in [-0.2, -0.15) is 0 Å². The van der Waals surface area contributed by atoms with E-state index in [2.05, 4.69) is 20.6 Å². The molecular weight excluding hydrogens is 196 g/mol. The van der Waals surface area contributed by atoms with Crippen LogP contribution >= 0.6 is 0 Å². The molecule has 2 heterocycles. The molecule has 0 radical (unpaired) electrons. The topological polar surface area (TPSA) is 89.8 Å². The van der Waals surface area contributed by atoms with Crippen LogP contribution in [0.1, 0.15) is 10.5 Å². The fourth-order valence-electron chi connectivity index (χ4n) is 2.32. The van der Waals surface area contributed by atoms with Crippen molar-refractivity contribution in [3.63, 3.8) is 0 Å². The molecule has 2 aliphatic rings. The molecule has 1 aromatic rings. The number of piperidine rings is 1. The largest absolute Gasteiger partial charge is 0.347 e. The molecule has 6 nitrogen and oxygen atoms in total. The van der Waals surface area contributed by atoms with Crippen molar-refractivity contribution in [3.8, 4) is 0 Å². The zero-order valence-electron chi connectivity index (χ0n) is 8.04. The van der Waals surface area contributed by atoms with E-state index in [0.717, 1.165) is 13.1 Å². The Morgan fingerprint density at radius 2 is 2.13 bits per heavy atom. The Morgan fingerprint density at radius 1 is 1.40 bits per heavy atom. The normalized spacial score (nSPS) is 32.4. The first-order chi connectivity index (χ1) is 7.25. The van der Waals surface area contributed by atoms with E-state index < -0.39 is 0 Å². The first-order valence-electron chi connectivity index (χ1n) is 5.05. The summed E-state index contributed by atoms with van der Waals surface area (Å²) >= 11 is 0. The van der Waals surface area contributed by atoms with Gasteiger partial charge in [-0.3, -0.25) is 4.79 Å². The zero-order valence-corrected chi connectivity index (χ0v) is 8.04. The van der Waals surface area contributed by atoms with Crippen LogP contribution in [0.3, 0.4) is 0 Å². The first-order valence-corrected chi connectivity index (χ1v) is 5.05. The molecule has 1 saturated carbocycles. The van der Waals surface area contributed by atoms with Crippen LogP contribution in [0.2, 0.25) is 0 Å². The van der Waals surface area contributed by atoms with Crippen molar-refractivity contribution >= 4 is 5.91 Å². The Bertz CT molecular complexity index is 439. The van der Waals surface area contributed by atoms with Gasteiger partial charge < -0.3 is 20.6 Å². The highest BCUT2D eigenvalue weighted by Gasteiger charge is 2.53. The average molecular weight is 208 g/mol. The van der Waals surface area contributed by atoms with Crippen molar-refractivity contribution < 1.29 is 4.79 Å². The van der Waals surface area contributed by atoms with E-state index in [0.29, 0.717) is 17.5 Å². The van der Waals surface area contributed by atoms with Crippen LogP contribution in [-0.4, -0.2) is 35.0 Å². The molecule has 4 N–H and O–H groups in total. The lowest BCUT2D eigenvalue weighted by Gasteiger charge is -2.05. The summed E-state index contributed by atoms with van der Waals surface area (Å²) < 4.78 is 0. The average Bonchev–Trinajstić information content (AvgIpc) is 2.66. The number of fused-ring (bicyclic) bond motifs is 1. The Labute approximate surface area is 85.5 Å². The van der Waals surface area contributed by atoms with Crippen LogP contribution in [0.5, 0.6) is 0 Å². The summed E-state index contributed by atoms with van der Waals surface area (Å²) in [6.07, 6.45) is 1.40. The van der Waals surface area contributed by atoms with E-state index in [1.165, 1.54) is 6.20 Å². The predicted molar refractivity (Wildman–Crippen MR) is 52.5 cm³/mol. The Balaban J connectivity index is 1.65. The molecule has 1 aliphatic carbocycles. The third kappa shape index (κ3) is 1.37. The highest BCUT2D eigenvalue weighted by molar-refractivity contribution is 5.92. The lowest BCUT2D eigenvalue weighted by atomic mass is 10.4. The molecule has 1 saturated heterocycles. The highest BCUT2D eigenvalue weighted by Crippen LogP contribution is 2.41. The van der Waals surface area contributed by atoms with Crippen LogP contribution < -0.4 is 16.3 Å². The minimum atomic E-state index is -0.349. The van der Waals surface area contributed by atoms with Gasteiger partial charge in [-0.25, -0.2) is 4.79 Å². The SMILES string of the molecule is O=C(NC1C2CNCC21)c1c[nH]c(=O)[nH]1. The number of carbonyl (C=O) groups is 1. The van der Waals surface area contributed by atoms with E-state index in [1.807, 2.05) is 0 Å². The van der Waals surface area contributed by atoms with Crippen molar-refractivity contribution in [1.82, 2.24) is 20.6 Å². The second kappa shape index (κ2) is 2.96. The smallest absolute Gasteiger partial charge is 0.323 e. The minimum absolute atomic E-state index is 0.201. The second-order valence-electron chi connectivity index (χ2n) is 4.14. The van der Waals surface area contributed by atoms with Crippen LogP contribution in [0.4, 0.5) is 0 Å². The van der Waals surface area contributed by atoms with Crippen LogP contribution in [-0.2, 0) is 0 Å². The van der Waals surface area contributed by atoms with Gasteiger partial charge in [-0.05, 0) is 11.8 Å². The number of amides is 1. The highest BCUT2D eigenvalue weighted by atomic mass is 16.2. The van der Waals surface area contributed by atoms with Gasteiger partial charge in [0, 0.05) is 25.3 Å². The molecule has 2 atom stereocenters. The van der Waals surface area contributed by atoms with Crippen LogP contribution in [0.15, 0.2) is 11.0 Å². The zero-order chi connectivity index (χ0) is 10.4. The molecule has 1 aliphatic heterocycles. The summed E-state index contributed by atoms with van der Waals surface area (Å²) in [7, 11) is 0. The number of aromatic nitrogens is 2. The summed E-state index contributed by atoms with van der Waals surface area (Å²) in [6, 6.07) is 0.289.